The minimum atomic E-state index is 0. The molecule has 0 bridgehead atoms. The van der Waals surface area contributed by atoms with Gasteiger partial charge in [-0.25, -0.2) is 0 Å². The molecule has 2 amide bonds. The number of halogens is 1. The number of anilines is 1. The first-order chi connectivity index (χ1) is 11.4. The summed E-state index contributed by atoms with van der Waals surface area (Å²) in [6.45, 7) is 7.52. The number of carbonyl (C=O) groups is 2. The summed E-state index contributed by atoms with van der Waals surface area (Å²) in [5, 5.41) is 6.19. The van der Waals surface area contributed by atoms with Crippen molar-refractivity contribution < 1.29 is 9.59 Å². The zero-order valence-electron chi connectivity index (χ0n) is 15.6. The minimum Gasteiger partial charge on any atom is -0.337 e. The standard InChI is InChI=1S/C19H29N3O2.ClH/c1-13(2)10-18(23)21-17-8-7-15(11-14(17)3)19(24)22-9-5-6-16(12-22)20-4;/h7-8,11,13,16,20H,5-6,9-10,12H2,1-4H3,(H,21,23);1H. The van der Waals surface area contributed by atoms with E-state index >= 15 is 0 Å². The molecule has 1 saturated heterocycles. The molecule has 2 rings (SSSR count). The average molecular weight is 368 g/mol. The van der Waals surface area contributed by atoms with E-state index in [1.54, 1.807) is 0 Å². The van der Waals surface area contributed by atoms with Crippen LogP contribution in [0.25, 0.3) is 0 Å². The van der Waals surface area contributed by atoms with E-state index in [1.165, 1.54) is 0 Å². The molecule has 1 aliphatic rings. The van der Waals surface area contributed by atoms with E-state index in [0.717, 1.165) is 37.2 Å². The summed E-state index contributed by atoms with van der Waals surface area (Å²) in [6.07, 6.45) is 2.64. The fourth-order valence-corrected chi connectivity index (χ4v) is 3.09. The minimum absolute atomic E-state index is 0. The topological polar surface area (TPSA) is 61.4 Å². The first-order valence-corrected chi connectivity index (χ1v) is 8.77. The molecule has 0 saturated carbocycles. The lowest BCUT2D eigenvalue weighted by molar-refractivity contribution is -0.116. The van der Waals surface area contributed by atoms with E-state index in [-0.39, 0.29) is 24.2 Å². The van der Waals surface area contributed by atoms with E-state index in [0.29, 0.717) is 23.9 Å². The van der Waals surface area contributed by atoms with Gasteiger partial charge in [0.05, 0.1) is 0 Å². The Morgan fingerprint density at radius 3 is 2.64 bits per heavy atom. The van der Waals surface area contributed by atoms with Gasteiger partial charge < -0.3 is 15.5 Å². The Labute approximate surface area is 157 Å². The lowest BCUT2D eigenvalue weighted by Crippen LogP contribution is -2.46. The highest BCUT2D eigenvalue weighted by Crippen LogP contribution is 2.20. The second-order valence-electron chi connectivity index (χ2n) is 7.05. The van der Waals surface area contributed by atoms with Crippen molar-refractivity contribution in [2.24, 2.45) is 5.92 Å². The van der Waals surface area contributed by atoms with Crippen LogP contribution in [0.2, 0.25) is 0 Å². The molecule has 1 atom stereocenters. The molecule has 1 unspecified atom stereocenters. The van der Waals surface area contributed by atoms with Crippen molar-refractivity contribution in [3.8, 4) is 0 Å². The third kappa shape index (κ3) is 6.01. The number of nitrogens with one attached hydrogen (secondary N) is 2. The van der Waals surface area contributed by atoms with Gasteiger partial charge in [-0.2, -0.15) is 0 Å². The number of nitrogens with zero attached hydrogens (tertiary/aromatic N) is 1. The van der Waals surface area contributed by atoms with Crippen molar-refractivity contribution in [3.05, 3.63) is 29.3 Å². The number of rotatable bonds is 5. The van der Waals surface area contributed by atoms with Gasteiger partial charge in [0.1, 0.15) is 0 Å². The number of likely N-dealkylation sites (tertiary alicyclic amines) is 1. The third-order valence-electron chi connectivity index (χ3n) is 4.46. The maximum absolute atomic E-state index is 12.7. The maximum atomic E-state index is 12.7. The molecular formula is C19H30ClN3O2. The van der Waals surface area contributed by atoms with Crippen LogP contribution in [-0.2, 0) is 4.79 Å². The van der Waals surface area contributed by atoms with Crippen LogP contribution in [0.5, 0.6) is 0 Å². The van der Waals surface area contributed by atoms with Crippen LogP contribution in [0, 0.1) is 12.8 Å². The molecule has 0 radical (unpaired) electrons. The Morgan fingerprint density at radius 2 is 2.04 bits per heavy atom. The number of benzene rings is 1. The van der Waals surface area contributed by atoms with E-state index < -0.39 is 0 Å². The van der Waals surface area contributed by atoms with Crippen LogP contribution in [0.15, 0.2) is 18.2 Å². The van der Waals surface area contributed by atoms with Crippen molar-refractivity contribution in [3.63, 3.8) is 0 Å². The smallest absolute Gasteiger partial charge is 0.253 e. The summed E-state index contributed by atoms with van der Waals surface area (Å²) >= 11 is 0. The van der Waals surface area contributed by atoms with Gasteiger partial charge >= 0.3 is 0 Å². The number of hydrogen-bond acceptors (Lipinski definition) is 3. The predicted octanol–water partition coefficient (Wildman–Crippen LogP) is 3.23. The molecule has 25 heavy (non-hydrogen) atoms. The molecule has 140 valence electrons. The molecule has 1 aromatic carbocycles. The number of hydrogen-bond donors (Lipinski definition) is 2. The van der Waals surface area contributed by atoms with Crippen molar-refractivity contribution in [1.29, 1.82) is 0 Å². The van der Waals surface area contributed by atoms with Gasteiger partial charge in [0.15, 0.2) is 0 Å². The normalized spacial score (nSPS) is 17.2. The van der Waals surface area contributed by atoms with Gasteiger partial charge in [0.2, 0.25) is 5.91 Å². The van der Waals surface area contributed by atoms with Crippen LogP contribution in [0.3, 0.4) is 0 Å². The molecule has 6 heteroatoms. The van der Waals surface area contributed by atoms with Gasteiger partial charge in [-0.05, 0) is 56.5 Å². The summed E-state index contributed by atoms with van der Waals surface area (Å²) in [4.78, 5) is 26.5. The Hall–Kier alpha value is -1.59. The summed E-state index contributed by atoms with van der Waals surface area (Å²) < 4.78 is 0. The highest BCUT2D eigenvalue weighted by molar-refractivity contribution is 5.96. The van der Waals surface area contributed by atoms with E-state index in [9.17, 15) is 9.59 Å². The average Bonchev–Trinajstić information content (AvgIpc) is 2.55. The largest absolute Gasteiger partial charge is 0.337 e. The van der Waals surface area contributed by atoms with E-state index in [2.05, 4.69) is 10.6 Å². The molecule has 1 aromatic rings. The molecule has 1 fully saturated rings. The second kappa shape index (κ2) is 9.78. The molecule has 0 aliphatic carbocycles. The summed E-state index contributed by atoms with van der Waals surface area (Å²) in [5.41, 5.74) is 2.38. The highest BCUT2D eigenvalue weighted by Gasteiger charge is 2.23. The number of likely N-dealkylation sites (N-methyl/N-ethyl adjacent to an activating group) is 1. The second-order valence-corrected chi connectivity index (χ2v) is 7.05. The van der Waals surface area contributed by atoms with Crippen molar-refractivity contribution in [2.75, 3.05) is 25.5 Å². The summed E-state index contributed by atoms with van der Waals surface area (Å²) in [6, 6.07) is 5.89. The number of carbonyl (C=O) groups excluding carboxylic acids is 2. The SMILES string of the molecule is CNC1CCCN(C(=O)c2ccc(NC(=O)CC(C)C)c(C)c2)C1.Cl. The predicted molar refractivity (Wildman–Crippen MR) is 104 cm³/mol. The zero-order valence-corrected chi connectivity index (χ0v) is 16.4. The number of piperidine rings is 1. The van der Waals surface area contributed by atoms with Crippen molar-refractivity contribution >= 4 is 29.9 Å². The molecule has 1 aliphatic heterocycles. The van der Waals surface area contributed by atoms with Gasteiger partial charge in [-0.15, -0.1) is 12.4 Å². The fourth-order valence-electron chi connectivity index (χ4n) is 3.09. The van der Waals surface area contributed by atoms with Crippen molar-refractivity contribution in [2.45, 2.75) is 46.1 Å². The molecule has 1 heterocycles. The first-order valence-electron chi connectivity index (χ1n) is 8.77. The molecule has 0 aromatic heterocycles. The summed E-state index contributed by atoms with van der Waals surface area (Å²) in [7, 11) is 1.94. The first kappa shape index (κ1) is 21.5. The van der Waals surface area contributed by atoms with Gasteiger partial charge in [0.25, 0.3) is 5.91 Å². The lowest BCUT2D eigenvalue weighted by atomic mass is 10.0. The highest BCUT2D eigenvalue weighted by atomic mass is 35.5. The van der Waals surface area contributed by atoms with Crippen LogP contribution >= 0.6 is 12.4 Å². The maximum Gasteiger partial charge on any atom is 0.253 e. The van der Waals surface area contributed by atoms with Crippen LogP contribution in [-0.4, -0.2) is 42.9 Å². The van der Waals surface area contributed by atoms with Gasteiger partial charge in [-0.3, -0.25) is 9.59 Å². The lowest BCUT2D eigenvalue weighted by Gasteiger charge is -2.32. The third-order valence-corrected chi connectivity index (χ3v) is 4.46. The monoisotopic (exact) mass is 367 g/mol. The quantitative estimate of drug-likeness (QED) is 0.839. The number of amides is 2. The van der Waals surface area contributed by atoms with Crippen LogP contribution in [0.1, 0.15) is 49.0 Å². The van der Waals surface area contributed by atoms with Gasteiger partial charge in [-0.1, -0.05) is 13.8 Å². The van der Waals surface area contributed by atoms with E-state index in [1.807, 2.05) is 50.9 Å². The summed E-state index contributed by atoms with van der Waals surface area (Å²) in [5.74, 6) is 0.406. The van der Waals surface area contributed by atoms with Crippen LogP contribution < -0.4 is 10.6 Å². The van der Waals surface area contributed by atoms with E-state index in [4.69, 9.17) is 0 Å². The van der Waals surface area contributed by atoms with Gasteiger partial charge in [0, 0.05) is 36.8 Å². The molecule has 5 nitrogen and oxygen atoms in total. The number of aryl methyl sites for hydroxylation is 1. The van der Waals surface area contributed by atoms with Crippen molar-refractivity contribution in [1.82, 2.24) is 10.2 Å². The van der Waals surface area contributed by atoms with Crippen LogP contribution in [0.4, 0.5) is 5.69 Å². The fraction of sp³-hybridized carbons (Fsp3) is 0.579. The Kier molecular flexibility index (Phi) is 8.39. The Bertz CT molecular complexity index is 604. The molecule has 2 N–H and O–H groups in total. The Morgan fingerprint density at radius 1 is 1.32 bits per heavy atom. The molecular weight excluding hydrogens is 338 g/mol. The zero-order chi connectivity index (χ0) is 17.7. The Balaban J connectivity index is 0.00000312. The molecule has 0 spiro atoms.